The summed E-state index contributed by atoms with van der Waals surface area (Å²) in [5.41, 5.74) is 0. The number of nitrogens with zero attached hydrogens (tertiary/aromatic N) is 2. The van der Waals surface area contributed by atoms with Crippen LogP contribution in [0.4, 0.5) is 0 Å². The molecule has 0 aliphatic rings. The third-order valence-corrected chi connectivity index (χ3v) is 2.14. The summed E-state index contributed by atoms with van der Waals surface area (Å²) in [7, 11) is 1.66. The lowest BCUT2D eigenvalue weighted by Gasteiger charge is -2.04. The molecule has 1 amide bonds. The Morgan fingerprint density at radius 2 is 2.33 bits per heavy atom. The number of nitrogens with one attached hydrogen (secondary N) is 2. The van der Waals surface area contributed by atoms with Gasteiger partial charge in [0.1, 0.15) is 0 Å². The molecule has 84 valence electrons. The molecule has 1 aromatic heterocycles. The second-order valence-electron chi connectivity index (χ2n) is 3.33. The van der Waals surface area contributed by atoms with E-state index in [2.05, 4.69) is 15.6 Å². The van der Waals surface area contributed by atoms with Gasteiger partial charge in [-0.05, 0) is 13.0 Å². The van der Waals surface area contributed by atoms with E-state index < -0.39 is 0 Å². The van der Waals surface area contributed by atoms with Crippen LogP contribution in [0, 0.1) is 0 Å². The molecule has 1 heterocycles. The quantitative estimate of drug-likeness (QED) is 0.623. The largest absolute Gasteiger partial charge is 0.359 e. The second-order valence-corrected chi connectivity index (χ2v) is 3.33. The number of aromatic nitrogens is 2. The first-order valence-electron chi connectivity index (χ1n) is 5.20. The lowest BCUT2D eigenvalue weighted by molar-refractivity contribution is -0.120. The molecule has 2 N–H and O–H groups in total. The Kier molecular flexibility index (Phi) is 5.47. The van der Waals surface area contributed by atoms with Gasteiger partial charge in [0.2, 0.25) is 5.91 Å². The van der Waals surface area contributed by atoms with Crippen LogP contribution in [0.25, 0.3) is 0 Å². The number of carbonyl (C=O) groups is 1. The number of carbonyl (C=O) groups excluding carboxylic acids is 1. The summed E-state index contributed by atoms with van der Waals surface area (Å²) >= 11 is 0. The van der Waals surface area contributed by atoms with E-state index in [-0.39, 0.29) is 5.91 Å². The van der Waals surface area contributed by atoms with Crippen molar-refractivity contribution < 1.29 is 4.79 Å². The van der Waals surface area contributed by atoms with E-state index >= 15 is 0 Å². The monoisotopic (exact) mass is 210 g/mol. The first-order valence-corrected chi connectivity index (χ1v) is 5.20. The molecule has 1 aromatic rings. The molecular formula is C10H18N4O. The molecule has 0 spiro atoms. The average molecular weight is 210 g/mol. The third kappa shape index (κ3) is 5.17. The smallest absolute Gasteiger partial charge is 0.219 e. The normalized spacial score (nSPS) is 10.2. The van der Waals surface area contributed by atoms with Crippen LogP contribution in [0.1, 0.15) is 12.8 Å². The average Bonchev–Trinajstić information content (AvgIpc) is 2.75. The van der Waals surface area contributed by atoms with E-state index in [1.165, 1.54) is 0 Å². The Balaban J connectivity index is 1.91. The zero-order valence-electron chi connectivity index (χ0n) is 9.07. The van der Waals surface area contributed by atoms with Gasteiger partial charge < -0.3 is 15.2 Å². The van der Waals surface area contributed by atoms with Crippen molar-refractivity contribution in [3.05, 3.63) is 18.7 Å². The number of rotatable bonds is 7. The van der Waals surface area contributed by atoms with E-state index in [0.717, 1.165) is 26.1 Å². The number of hydrogen-bond donors (Lipinski definition) is 2. The zero-order valence-corrected chi connectivity index (χ0v) is 9.07. The maximum absolute atomic E-state index is 10.9. The topological polar surface area (TPSA) is 59.0 Å². The Morgan fingerprint density at radius 1 is 1.47 bits per heavy atom. The van der Waals surface area contributed by atoms with Gasteiger partial charge in [-0.3, -0.25) is 4.79 Å². The van der Waals surface area contributed by atoms with Crippen LogP contribution >= 0.6 is 0 Å². The van der Waals surface area contributed by atoms with Crippen molar-refractivity contribution in [2.45, 2.75) is 19.4 Å². The molecule has 5 heteroatoms. The minimum atomic E-state index is 0.103. The van der Waals surface area contributed by atoms with E-state index in [4.69, 9.17) is 0 Å². The van der Waals surface area contributed by atoms with E-state index in [9.17, 15) is 4.79 Å². The highest BCUT2D eigenvalue weighted by atomic mass is 16.1. The molecule has 0 saturated heterocycles. The Labute approximate surface area is 89.9 Å². The van der Waals surface area contributed by atoms with Gasteiger partial charge in [-0.1, -0.05) is 0 Å². The fourth-order valence-electron chi connectivity index (χ4n) is 1.25. The van der Waals surface area contributed by atoms with Gasteiger partial charge >= 0.3 is 0 Å². The molecule has 15 heavy (non-hydrogen) atoms. The van der Waals surface area contributed by atoms with E-state index in [1.807, 2.05) is 10.8 Å². The molecule has 0 fully saturated rings. The first-order chi connectivity index (χ1) is 7.33. The molecular weight excluding hydrogens is 192 g/mol. The zero-order chi connectivity index (χ0) is 10.9. The molecule has 1 rings (SSSR count). The Morgan fingerprint density at radius 3 is 3.00 bits per heavy atom. The number of hydrogen-bond acceptors (Lipinski definition) is 3. The predicted octanol–water partition coefficient (Wildman–Crippen LogP) is -0.00110. The highest BCUT2D eigenvalue weighted by molar-refractivity contribution is 5.75. The summed E-state index contributed by atoms with van der Waals surface area (Å²) in [5.74, 6) is 0.103. The second kappa shape index (κ2) is 7.00. The lowest BCUT2D eigenvalue weighted by Crippen LogP contribution is -2.23. The van der Waals surface area contributed by atoms with Gasteiger partial charge in [0.25, 0.3) is 0 Å². The predicted molar refractivity (Wildman–Crippen MR) is 58.4 cm³/mol. The third-order valence-electron chi connectivity index (χ3n) is 2.14. The molecule has 0 radical (unpaired) electrons. The summed E-state index contributed by atoms with van der Waals surface area (Å²) < 4.78 is 2.02. The molecule has 0 atom stereocenters. The molecule has 0 aliphatic carbocycles. The number of amides is 1. The number of imidazole rings is 1. The van der Waals surface area contributed by atoms with Crippen molar-refractivity contribution >= 4 is 5.91 Å². The van der Waals surface area contributed by atoms with Crippen LogP contribution in [-0.2, 0) is 11.3 Å². The summed E-state index contributed by atoms with van der Waals surface area (Å²) in [5, 5.41) is 5.87. The fraction of sp³-hybridized carbons (Fsp3) is 0.600. The van der Waals surface area contributed by atoms with Gasteiger partial charge in [-0.2, -0.15) is 0 Å². The van der Waals surface area contributed by atoms with Crippen molar-refractivity contribution in [3.8, 4) is 0 Å². The van der Waals surface area contributed by atoms with Crippen LogP contribution < -0.4 is 10.6 Å². The molecule has 0 aliphatic heterocycles. The van der Waals surface area contributed by atoms with Crippen molar-refractivity contribution in [2.75, 3.05) is 20.1 Å². The Bertz CT molecular complexity index is 271. The van der Waals surface area contributed by atoms with Crippen LogP contribution in [-0.4, -0.2) is 35.6 Å². The van der Waals surface area contributed by atoms with E-state index in [0.29, 0.717) is 6.42 Å². The van der Waals surface area contributed by atoms with Crippen LogP contribution in [0.3, 0.4) is 0 Å². The maximum Gasteiger partial charge on any atom is 0.219 e. The van der Waals surface area contributed by atoms with Crippen LogP contribution in [0.2, 0.25) is 0 Å². The first kappa shape index (κ1) is 11.7. The SMILES string of the molecule is CNC(=O)CCCNCCn1ccnc1. The van der Waals surface area contributed by atoms with Crippen molar-refractivity contribution in [1.29, 1.82) is 0 Å². The van der Waals surface area contributed by atoms with Crippen LogP contribution in [0.5, 0.6) is 0 Å². The lowest BCUT2D eigenvalue weighted by atomic mass is 10.3. The molecule has 5 nitrogen and oxygen atoms in total. The highest BCUT2D eigenvalue weighted by Gasteiger charge is 1.96. The van der Waals surface area contributed by atoms with Crippen molar-refractivity contribution in [1.82, 2.24) is 20.2 Å². The summed E-state index contributed by atoms with van der Waals surface area (Å²) in [6.45, 7) is 2.70. The van der Waals surface area contributed by atoms with Crippen LogP contribution in [0.15, 0.2) is 18.7 Å². The standard InChI is InChI=1S/C10H18N4O/c1-11-10(15)3-2-4-12-5-7-14-8-6-13-9-14/h6,8-9,12H,2-5,7H2,1H3,(H,11,15). The van der Waals surface area contributed by atoms with Gasteiger partial charge in [0, 0.05) is 39.0 Å². The molecule has 0 unspecified atom stereocenters. The van der Waals surface area contributed by atoms with Gasteiger partial charge in [0.15, 0.2) is 0 Å². The molecule has 0 aromatic carbocycles. The minimum Gasteiger partial charge on any atom is -0.359 e. The van der Waals surface area contributed by atoms with E-state index in [1.54, 1.807) is 19.6 Å². The van der Waals surface area contributed by atoms with Crippen molar-refractivity contribution in [2.24, 2.45) is 0 Å². The fourth-order valence-corrected chi connectivity index (χ4v) is 1.25. The van der Waals surface area contributed by atoms with Gasteiger partial charge in [-0.25, -0.2) is 4.98 Å². The molecule has 0 bridgehead atoms. The van der Waals surface area contributed by atoms with Crippen molar-refractivity contribution in [3.63, 3.8) is 0 Å². The van der Waals surface area contributed by atoms with Gasteiger partial charge in [0.05, 0.1) is 6.33 Å². The Hall–Kier alpha value is -1.36. The highest BCUT2D eigenvalue weighted by Crippen LogP contribution is 1.87. The summed E-state index contributed by atoms with van der Waals surface area (Å²) in [6, 6.07) is 0. The summed E-state index contributed by atoms with van der Waals surface area (Å²) in [6.07, 6.45) is 6.97. The van der Waals surface area contributed by atoms with Gasteiger partial charge in [-0.15, -0.1) is 0 Å². The summed E-state index contributed by atoms with van der Waals surface area (Å²) in [4.78, 5) is 14.8. The minimum absolute atomic E-state index is 0.103. The molecule has 0 saturated carbocycles. The maximum atomic E-state index is 10.9.